The first kappa shape index (κ1) is 21.4. The molecule has 2 aromatic rings. The fourth-order valence-corrected chi connectivity index (χ4v) is 4.56. The van der Waals surface area contributed by atoms with E-state index in [1.54, 1.807) is 29.7 Å². The van der Waals surface area contributed by atoms with Crippen molar-refractivity contribution in [1.82, 2.24) is 14.6 Å². The number of fused-ring (bicyclic) bond motifs is 1. The number of hydrogen-bond acceptors (Lipinski definition) is 5. The number of hydrogen-bond donors (Lipinski definition) is 3. The molecule has 0 unspecified atom stereocenters. The Morgan fingerprint density at radius 2 is 1.86 bits per heavy atom. The number of oxazole rings is 1. The minimum Gasteiger partial charge on any atom is -0.408 e. The Kier molecular flexibility index (Phi) is 6.33. The Bertz CT molecular complexity index is 1030. The molecule has 0 spiro atoms. The summed E-state index contributed by atoms with van der Waals surface area (Å²) in [6.45, 7) is 5.41. The number of rotatable bonds is 6. The quantitative estimate of drug-likeness (QED) is 0.658. The van der Waals surface area contributed by atoms with Crippen LogP contribution in [0.15, 0.2) is 27.4 Å². The van der Waals surface area contributed by atoms with Crippen LogP contribution in [0.1, 0.15) is 52.5 Å². The fraction of sp³-hybridized carbons (Fsp3) is 0.579. The first-order valence-electron chi connectivity index (χ1n) is 9.91. The third-order valence-electron chi connectivity index (χ3n) is 5.18. The van der Waals surface area contributed by atoms with Crippen molar-refractivity contribution in [2.24, 2.45) is 0 Å². The normalized spacial score (nSPS) is 20.1. The monoisotopic (exact) mass is 424 g/mol. The van der Waals surface area contributed by atoms with Crippen LogP contribution in [0.4, 0.5) is 10.5 Å². The van der Waals surface area contributed by atoms with Crippen LogP contribution in [-0.2, 0) is 10.0 Å². The van der Waals surface area contributed by atoms with Crippen molar-refractivity contribution in [3.8, 4) is 0 Å². The topological polar surface area (TPSA) is 122 Å². The summed E-state index contributed by atoms with van der Waals surface area (Å²) >= 11 is 0. The highest BCUT2D eigenvalue weighted by Crippen LogP contribution is 2.22. The van der Waals surface area contributed by atoms with Crippen LogP contribution in [0, 0.1) is 0 Å². The van der Waals surface area contributed by atoms with E-state index >= 15 is 0 Å². The van der Waals surface area contributed by atoms with E-state index in [9.17, 15) is 18.0 Å². The number of benzene rings is 1. The summed E-state index contributed by atoms with van der Waals surface area (Å²) in [5.41, 5.74) is 1.64. The molecule has 160 valence electrons. The molecule has 0 atom stereocenters. The Balaban J connectivity index is 1.56. The van der Waals surface area contributed by atoms with Gasteiger partial charge in [0.2, 0.25) is 10.0 Å². The molecule has 0 bridgehead atoms. The van der Waals surface area contributed by atoms with Gasteiger partial charge >= 0.3 is 11.8 Å². The zero-order valence-corrected chi connectivity index (χ0v) is 17.7. The van der Waals surface area contributed by atoms with Gasteiger partial charge in [0.25, 0.3) is 0 Å². The van der Waals surface area contributed by atoms with Gasteiger partial charge in [-0.3, -0.25) is 4.57 Å². The van der Waals surface area contributed by atoms with Crippen LogP contribution in [0.3, 0.4) is 0 Å². The second kappa shape index (κ2) is 8.58. The first-order chi connectivity index (χ1) is 13.7. The number of urea groups is 1. The van der Waals surface area contributed by atoms with Gasteiger partial charge in [0.1, 0.15) is 0 Å². The van der Waals surface area contributed by atoms with Crippen molar-refractivity contribution in [2.45, 2.75) is 64.6 Å². The summed E-state index contributed by atoms with van der Waals surface area (Å²) in [6.07, 6.45) is 2.78. The van der Waals surface area contributed by atoms with Crippen LogP contribution < -0.4 is 21.1 Å². The minimum atomic E-state index is -3.21. The molecule has 3 N–H and O–H groups in total. The highest BCUT2D eigenvalue weighted by Gasteiger charge is 2.25. The summed E-state index contributed by atoms with van der Waals surface area (Å²) in [4.78, 5) is 24.3. The highest BCUT2D eigenvalue weighted by molar-refractivity contribution is 7.89. The van der Waals surface area contributed by atoms with Gasteiger partial charge in [0.05, 0.1) is 11.3 Å². The molecule has 0 radical (unpaired) electrons. The van der Waals surface area contributed by atoms with Crippen molar-refractivity contribution >= 4 is 32.8 Å². The summed E-state index contributed by atoms with van der Waals surface area (Å²) in [7, 11) is -3.21. The van der Waals surface area contributed by atoms with Crippen molar-refractivity contribution in [3.63, 3.8) is 0 Å². The zero-order valence-electron chi connectivity index (χ0n) is 16.9. The summed E-state index contributed by atoms with van der Waals surface area (Å²) in [5, 5.41) is 5.69. The molecule has 1 aliphatic rings. The largest absolute Gasteiger partial charge is 0.420 e. The predicted octanol–water partition coefficient (Wildman–Crippen LogP) is 2.55. The van der Waals surface area contributed by atoms with Gasteiger partial charge in [-0.25, -0.2) is 22.7 Å². The van der Waals surface area contributed by atoms with Crippen molar-refractivity contribution in [3.05, 3.63) is 28.7 Å². The van der Waals surface area contributed by atoms with Crippen LogP contribution in [0.2, 0.25) is 0 Å². The molecule has 9 nitrogen and oxygen atoms in total. The number of nitrogens with one attached hydrogen (secondary N) is 3. The van der Waals surface area contributed by atoms with Crippen LogP contribution in [0.25, 0.3) is 11.1 Å². The molecule has 1 aromatic heterocycles. The van der Waals surface area contributed by atoms with E-state index in [0.717, 1.165) is 0 Å². The second-order valence-corrected chi connectivity index (χ2v) is 9.73. The van der Waals surface area contributed by atoms with Crippen LogP contribution >= 0.6 is 0 Å². The van der Waals surface area contributed by atoms with Gasteiger partial charge in [0, 0.05) is 29.9 Å². The molecule has 0 saturated heterocycles. The molecule has 2 amide bonds. The summed E-state index contributed by atoms with van der Waals surface area (Å²) in [6, 6.07) is 4.66. The molecule has 1 fully saturated rings. The van der Waals surface area contributed by atoms with Gasteiger partial charge < -0.3 is 15.1 Å². The lowest BCUT2D eigenvalue weighted by Gasteiger charge is -2.29. The molecule has 0 aliphatic heterocycles. The smallest absolute Gasteiger partial charge is 0.408 e. The maximum Gasteiger partial charge on any atom is 0.420 e. The second-order valence-electron chi connectivity index (χ2n) is 7.68. The number of anilines is 1. The molecule has 10 heteroatoms. The van der Waals surface area contributed by atoms with Crippen molar-refractivity contribution in [1.29, 1.82) is 0 Å². The Hall–Kier alpha value is -2.33. The SMILES string of the molecule is CCS(=O)(=O)NC1CCC(NC(=O)Nc2ccc3c(c2)oc(=O)n3C(C)C)CC1. The predicted molar refractivity (Wildman–Crippen MR) is 112 cm³/mol. The molecular weight excluding hydrogens is 396 g/mol. The molecule has 1 aliphatic carbocycles. The van der Waals surface area contributed by atoms with Crippen LogP contribution in [-0.4, -0.2) is 36.9 Å². The molecular formula is C19H28N4O5S. The minimum absolute atomic E-state index is 0.0129. The van der Waals surface area contributed by atoms with Crippen molar-refractivity contribution < 1.29 is 17.6 Å². The van der Waals surface area contributed by atoms with Crippen LogP contribution in [0.5, 0.6) is 0 Å². The summed E-state index contributed by atoms with van der Waals surface area (Å²) in [5.74, 6) is -0.356. The van der Waals surface area contributed by atoms with E-state index in [1.807, 2.05) is 13.8 Å². The van der Waals surface area contributed by atoms with E-state index in [0.29, 0.717) is 42.5 Å². The summed E-state index contributed by atoms with van der Waals surface area (Å²) < 4.78 is 32.9. The molecule has 1 saturated carbocycles. The first-order valence-corrected chi connectivity index (χ1v) is 11.6. The lowest BCUT2D eigenvalue weighted by molar-refractivity contribution is 0.242. The number of sulfonamides is 1. The highest BCUT2D eigenvalue weighted by atomic mass is 32.2. The third kappa shape index (κ3) is 5.18. The number of aromatic nitrogens is 1. The van der Waals surface area contributed by atoms with Gasteiger partial charge in [-0.2, -0.15) is 0 Å². The lowest BCUT2D eigenvalue weighted by atomic mass is 9.92. The molecule has 3 rings (SSSR count). The number of amides is 2. The zero-order chi connectivity index (χ0) is 21.2. The van der Waals surface area contributed by atoms with E-state index in [1.165, 1.54) is 0 Å². The van der Waals surface area contributed by atoms with E-state index in [4.69, 9.17) is 4.42 Å². The Morgan fingerprint density at radius 1 is 1.21 bits per heavy atom. The van der Waals surface area contributed by atoms with E-state index in [-0.39, 0.29) is 29.9 Å². The van der Waals surface area contributed by atoms with Gasteiger partial charge in [-0.05, 0) is 58.6 Å². The number of carbonyl (C=O) groups excluding carboxylic acids is 1. The molecule has 1 heterocycles. The van der Waals surface area contributed by atoms with Gasteiger partial charge in [-0.15, -0.1) is 0 Å². The lowest BCUT2D eigenvalue weighted by Crippen LogP contribution is -2.45. The molecule has 1 aromatic carbocycles. The van der Waals surface area contributed by atoms with Crippen molar-refractivity contribution in [2.75, 3.05) is 11.1 Å². The van der Waals surface area contributed by atoms with E-state index in [2.05, 4.69) is 15.4 Å². The Morgan fingerprint density at radius 3 is 2.48 bits per heavy atom. The Labute approximate surface area is 169 Å². The standard InChI is InChI=1S/C19H28N4O5S/c1-4-29(26,27)22-14-7-5-13(6-8-14)20-18(24)21-15-9-10-16-17(11-15)28-19(25)23(16)12(2)3/h9-14,22H,4-8H2,1-3H3,(H2,20,21,24). The van der Waals surface area contributed by atoms with Gasteiger partial charge in [-0.1, -0.05) is 0 Å². The molecule has 29 heavy (non-hydrogen) atoms. The average molecular weight is 425 g/mol. The van der Waals surface area contributed by atoms with E-state index < -0.39 is 15.8 Å². The van der Waals surface area contributed by atoms with Gasteiger partial charge in [0.15, 0.2) is 5.58 Å². The fourth-order valence-electron chi connectivity index (χ4n) is 3.65. The average Bonchev–Trinajstić information content (AvgIpc) is 2.98. The maximum absolute atomic E-state index is 12.3. The maximum atomic E-state index is 12.3. The number of carbonyl (C=O) groups is 1. The third-order valence-corrected chi connectivity index (χ3v) is 6.63. The number of nitrogens with zero attached hydrogens (tertiary/aromatic N) is 1.